The quantitative estimate of drug-likeness (QED) is 0.903. The fraction of sp³-hybridized carbons (Fsp3) is 0.750. The Labute approximate surface area is 126 Å². The lowest BCUT2D eigenvalue weighted by Gasteiger charge is -2.36. The molecule has 5 heteroatoms. The van der Waals surface area contributed by atoms with Crippen LogP contribution in [0.4, 0.5) is 0 Å². The first-order valence-electron chi connectivity index (χ1n) is 8.24. The number of nitrogens with zero attached hydrogens (tertiary/aromatic N) is 3. The van der Waals surface area contributed by atoms with Gasteiger partial charge in [-0.05, 0) is 39.2 Å². The molecule has 0 spiro atoms. The first-order chi connectivity index (χ1) is 10.2. The average molecular weight is 290 g/mol. The molecule has 21 heavy (non-hydrogen) atoms. The predicted molar refractivity (Wildman–Crippen MR) is 81.8 cm³/mol. The van der Waals surface area contributed by atoms with Gasteiger partial charge in [0.05, 0.1) is 12.0 Å². The van der Waals surface area contributed by atoms with E-state index in [0.29, 0.717) is 11.9 Å². The number of hydrogen-bond acceptors (Lipinski definition) is 3. The molecule has 1 N–H and O–H groups in total. The third-order valence-electron chi connectivity index (χ3n) is 4.94. The fourth-order valence-electron chi connectivity index (χ4n) is 3.58. The maximum Gasteiger partial charge on any atom is 0.222 e. The molecule has 0 radical (unpaired) electrons. The van der Waals surface area contributed by atoms with Gasteiger partial charge in [-0.15, -0.1) is 0 Å². The number of H-pyrrole nitrogens is 1. The Morgan fingerprint density at radius 3 is 2.95 bits per heavy atom. The fourth-order valence-corrected chi connectivity index (χ4v) is 3.58. The van der Waals surface area contributed by atoms with Gasteiger partial charge < -0.3 is 9.88 Å². The smallest absolute Gasteiger partial charge is 0.222 e. The highest BCUT2D eigenvalue weighted by Gasteiger charge is 2.26. The SMILES string of the molecule is Cc1[nH]cnc1CN1CCCC[C@@H]1CCN1CCCC1=O. The molecule has 2 aliphatic rings. The number of piperidine rings is 1. The maximum absolute atomic E-state index is 11.7. The van der Waals surface area contributed by atoms with Crippen molar-refractivity contribution in [1.82, 2.24) is 19.8 Å². The summed E-state index contributed by atoms with van der Waals surface area (Å²) >= 11 is 0. The molecule has 5 nitrogen and oxygen atoms in total. The molecule has 1 amide bonds. The van der Waals surface area contributed by atoms with E-state index in [2.05, 4.69) is 21.8 Å². The minimum absolute atomic E-state index is 0.348. The Kier molecular flexibility index (Phi) is 4.58. The van der Waals surface area contributed by atoms with Crippen molar-refractivity contribution in [3.8, 4) is 0 Å². The van der Waals surface area contributed by atoms with Gasteiger partial charge in [0.25, 0.3) is 0 Å². The Hall–Kier alpha value is -1.36. The molecule has 2 saturated heterocycles. The standard InChI is InChI=1S/C16H26N4O/c1-13-15(18-12-17-13)11-20-8-3-2-5-14(20)7-10-19-9-4-6-16(19)21/h12,14H,2-11H2,1H3,(H,17,18)/t14-/m1/s1. The van der Waals surface area contributed by atoms with Gasteiger partial charge in [-0.2, -0.15) is 0 Å². The number of carbonyl (C=O) groups is 1. The van der Waals surface area contributed by atoms with Crippen molar-refractivity contribution in [1.29, 1.82) is 0 Å². The van der Waals surface area contributed by atoms with Gasteiger partial charge >= 0.3 is 0 Å². The lowest BCUT2D eigenvalue weighted by atomic mass is 9.98. The second kappa shape index (κ2) is 6.60. The molecular formula is C16H26N4O. The van der Waals surface area contributed by atoms with E-state index in [9.17, 15) is 4.79 Å². The van der Waals surface area contributed by atoms with Crippen LogP contribution in [0.25, 0.3) is 0 Å². The highest BCUT2D eigenvalue weighted by Crippen LogP contribution is 2.23. The van der Waals surface area contributed by atoms with Crippen LogP contribution in [0.1, 0.15) is 49.9 Å². The summed E-state index contributed by atoms with van der Waals surface area (Å²) in [6.45, 7) is 6.08. The van der Waals surface area contributed by atoms with E-state index in [1.165, 1.54) is 30.7 Å². The zero-order valence-corrected chi connectivity index (χ0v) is 13.0. The molecule has 0 unspecified atom stereocenters. The number of rotatable bonds is 5. The number of aryl methyl sites for hydroxylation is 1. The van der Waals surface area contributed by atoms with Crippen LogP contribution in [-0.2, 0) is 11.3 Å². The van der Waals surface area contributed by atoms with Gasteiger partial charge in [0, 0.05) is 37.8 Å². The van der Waals surface area contributed by atoms with Crippen molar-refractivity contribution in [2.45, 2.75) is 58.0 Å². The Bertz CT molecular complexity index is 484. The van der Waals surface area contributed by atoms with Gasteiger partial charge in [0.2, 0.25) is 5.91 Å². The number of hydrogen-bond donors (Lipinski definition) is 1. The van der Waals surface area contributed by atoms with Crippen LogP contribution in [0.3, 0.4) is 0 Å². The highest BCUT2D eigenvalue weighted by atomic mass is 16.2. The zero-order valence-electron chi connectivity index (χ0n) is 13.0. The molecule has 3 rings (SSSR count). The van der Waals surface area contributed by atoms with Crippen molar-refractivity contribution >= 4 is 5.91 Å². The van der Waals surface area contributed by atoms with E-state index in [-0.39, 0.29) is 0 Å². The minimum Gasteiger partial charge on any atom is -0.348 e. The van der Waals surface area contributed by atoms with Crippen LogP contribution < -0.4 is 0 Å². The van der Waals surface area contributed by atoms with Crippen LogP contribution >= 0.6 is 0 Å². The monoisotopic (exact) mass is 290 g/mol. The van der Waals surface area contributed by atoms with Crippen molar-refractivity contribution in [2.75, 3.05) is 19.6 Å². The van der Waals surface area contributed by atoms with E-state index < -0.39 is 0 Å². The molecule has 1 aromatic rings. The number of aromatic nitrogens is 2. The average Bonchev–Trinajstić information content (AvgIpc) is 3.07. The Balaban J connectivity index is 1.56. The van der Waals surface area contributed by atoms with E-state index in [1.807, 2.05) is 4.90 Å². The normalized spacial score (nSPS) is 24.0. The third-order valence-corrected chi connectivity index (χ3v) is 4.94. The summed E-state index contributed by atoms with van der Waals surface area (Å²) in [4.78, 5) is 23.9. The van der Waals surface area contributed by atoms with E-state index in [4.69, 9.17) is 0 Å². The summed E-state index contributed by atoms with van der Waals surface area (Å²) in [5, 5.41) is 0. The summed E-state index contributed by atoms with van der Waals surface area (Å²) < 4.78 is 0. The molecule has 0 saturated carbocycles. The lowest BCUT2D eigenvalue weighted by Crippen LogP contribution is -2.41. The van der Waals surface area contributed by atoms with Crippen molar-refractivity contribution in [3.63, 3.8) is 0 Å². The molecule has 2 aliphatic heterocycles. The molecule has 0 aromatic carbocycles. The van der Waals surface area contributed by atoms with Crippen LogP contribution in [-0.4, -0.2) is 51.4 Å². The van der Waals surface area contributed by atoms with Gasteiger partial charge in [0.15, 0.2) is 0 Å². The second-order valence-electron chi connectivity index (χ2n) is 6.37. The number of nitrogens with one attached hydrogen (secondary N) is 1. The first kappa shape index (κ1) is 14.6. The lowest BCUT2D eigenvalue weighted by molar-refractivity contribution is -0.127. The predicted octanol–water partition coefficient (Wildman–Crippen LogP) is 2.09. The zero-order chi connectivity index (χ0) is 14.7. The van der Waals surface area contributed by atoms with Crippen LogP contribution in [0.15, 0.2) is 6.33 Å². The van der Waals surface area contributed by atoms with Crippen molar-refractivity contribution in [2.24, 2.45) is 0 Å². The molecule has 116 valence electrons. The number of carbonyl (C=O) groups excluding carboxylic acids is 1. The first-order valence-corrected chi connectivity index (χ1v) is 8.24. The van der Waals surface area contributed by atoms with E-state index >= 15 is 0 Å². The molecule has 2 fully saturated rings. The Morgan fingerprint density at radius 2 is 2.24 bits per heavy atom. The molecule has 3 heterocycles. The van der Waals surface area contributed by atoms with Crippen LogP contribution in [0.2, 0.25) is 0 Å². The molecule has 0 bridgehead atoms. The maximum atomic E-state index is 11.7. The van der Waals surface area contributed by atoms with Gasteiger partial charge in [-0.1, -0.05) is 6.42 Å². The van der Waals surface area contributed by atoms with Crippen LogP contribution in [0, 0.1) is 6.92 Å². The molecular weight excluding hydrogens is 264 g/mol. The summed E-state index contributed by atoms with van der Waals surface area (Å²) in [5.41, 5.74) is 2.34. The van der Waals surface area contributed by atoms with Gasteiger partial charge in [0.1, 0.15) is 0 Å². The van der Waals surface area contributed by atoms with Crippen molar-refractivity contribution < 1.29 is 4.79 Å². The number of aromatic amines is 1. The number of likely N-dealkylation sites (tertiary alicyclic amines) is 2. The summed E-state index contributed by atoms with van der Waals surface area (Å²) in [6, 6.07) is 0.600. The highest BCUT2D eigenvalue weighted by molar-refractivity contribution is 5.77. The van der Waals surface area contributed by atoms with E-state index in [1.54, 1.807) is 6.33 Å². The molecule has 1 atom stereocenters. The molecule has 0 aliphatic carbocycles. The van der Waals surface area contributed by atoms with Crippen molar-refractivity contribution in [3.05, 3.63) is 17.7 Å². The minimum atomic E-state index is 0.348. The summed E-state index contributed by atoms with van der Waals surface area (Å²) in [7, 11) is 0. The number of imidazole rings is 1. The summed E-state index contributed by atoms with van der Waals surface area (Å²) in [5.74, 6) is 0.348. The molecule has 1 aromatic heterocycles. The topological polar surface area (TPSA) is 52.2 Å². The summed E-state index contributed by atoms with van der Waals surface area (Å²) in [6.07, 6.45) is 8.53. The van der Waals surface area contributed by atoms with E-state index in [0.717, 1.165) is 45.4 Å². The largest absolute Gasteiger partial charge is 0.348 e. The number of amides is 1. The second-order valence-corrected chi connectivity index (χ2v) is 6.37. The van der Waals surface area contributed by atoms with Gasteiger partial charge in [-0.3, -0.25) is 9.69 Å². The van der Waals surface area contributed by atoms with Gasteiger partial charge in [-0.25, -0.2) is 4.98 Å². The third kappa shape index (κ3) is 3.46. The van der Waals surface area contributed by atoms with Crippen LogP contribution in [0.5, 0.6) is 0 Å². The Morgan fingerprint density at radius 1 is 1.33 bits per heavy atom.